The van der Waals surface area contributed by atoms with Crippen LogP contribution in [0.1, 0.15) is 24.8 Å². The van der Waals surface area contributed by atoms with Gasteiger partial charge in [-0.05, 0) is 42.9 Å². The predicted molar refractivity (Wildman–Crippen MR) is 79.8 cm³/mol. The van der Waals surface area contributed by atoms with Crippen LogP contribution in [-0.2, 0) is 16.0 Å². The van der Waals surface area contributed by atoms with Gasteiger partial charge in [0.2, 0.25) is 5.91 Å². The monoisotopic (exact) mass is 275 g/mol. The molecule has 0 aromatic heterocycles. The number of nitrogens with two attached hydrogens (primary N) is 1. The highest BCUT2D eigenvalue weighted by molar-refractivity contribution is 5.95. The van der Waals surface area contributed by atoms with Gasteiger partial charge in [0.1, 0.15) is 0 Å². The molecule has 1 fully saturated rings. The summed E-state index contributed by atoms with van der Waals surface area (Å²) in [6.45, 7) is 2.68. The Hall–Kier alpha value is -1.75. The summed E-state index contributed by atoms with van der Waals surface area (Å²) >= 11 is 0. The van der Waals surface area contributed by atoms with Crippen molar-refractivity contribution in [2.45, 2.75) is 25.7 Å². The van der Waals surface area contributed by atoms with Crippen LogP contribution in [0.4, 0.5) is 17.1 Å². The average Bonchev–Trinajstić information content (AvgIpc) is 2.93. The first-order valence-electron chi connectivity index (χ1n) is 7.26. The zero-order valence-electron chi connectivity index (χ0n) is 11.6. The quantitative estimate of drug-likeness (QED) is 0.734. The van der Waals surface area contributed by atoms with Crippen molar-refractivity contribution in [1.82, 2.24) is 0 Å². The Bertz CT molecular complexity index is 510. The highest BCUT2D eigenvalue weighted by Gasteiger charge is 2.17. The predicted octanol–water partition coefficient (Wildman–Crippen LogP) is 1.99. The fourth-order valence-electron chi connectivity index (χ4n) is 2.82. The highest BCUT2D eigenvalue weighted by Crippen LogP contribution is 2.31. The van der Waals surface area contributed by atoms with Gasteiger partial charge < -0.3 is 21.1 Å². The maximum atomic E-state index is 11.4. The minimum Gasteiger partial charge on any atom is -0.397 e. The van der Waals surface area contributed by atoms with E-state index in [9.17, 15) is 4.79 Å². The molecule has 5 heteroatoms. The van der Waals surface area contributed by atoms with Crippen molar-refractivity contribution >= 4 is 23.0 Å². The van der Waals surface area contributed by atoms with E-state index < -0.39 is 0 Å². The Morgan fingerprint density at radius 2 is 2.30 bits per heavy atom. The van der Waals surface area contributed by atoms with Gasteiger partial charge in [0.05, 0.1) is 11.4 Å². The van der Waals surface area contributed by atoms with E-state index in [1.54, 1.807) is 0 Å². The summed E-state index contributed by atoms with van der Waals surface area (Å²) in [6.07, 6.45) is 3.60. The molecule has 1 unspecified atom stereocenters. The molecule has 3 rings (SSSR count). The lowest BCUT2D eigenvalue weighted by Crippen LogP contribution is -2.19. The van der Waals surface area contributed by atoms with Crippen LogP contribution in [0, 0.1) is 5.92 Å². The van der Waals surface area contributed by atoms with E-state index in [0.717, 1.165) is 56.0 Å². The van der Waals surface area contributed by atoms with E-state index in [1.807, 2.05) is 6.07 Å². The summed E-state index contributed by atoms with van der Waals surface area (Å²) in [7, 11) is 0. The molecule has 0 saturated carbocycles. The summed E-state index contributed by atoms with van der Waals surface area (Å²) < 4.78 is 5.38. The van der Waals surface area contributed by atoms with Crippen LogP contribution in [0.5, 0.6) is 0 Å². The van der Waals surface area contributed by atoms with E-state index in [-0.39, 0.29) is 5.91 Å². The van der Waals surface area contributed by atoms with Gasteiger partial charge in [-0.15, -0.1) is 0 Å². The molecule has 0 radical (unpaired) electrons. The number of benzene rings is 1. The van der Waals surface area contributed by atoms with Gasteiger partial charge in [-0.3, -0.25) is 4.79 Å². The number of anilines is 3. The third-order valence-electron chi connectivity index (χ3n) is 4.06. The Kier molecular flexibility index (Phi) is 3.78. The summed E-state index contributed by atoms with van der Waals surface area (Å²) in [4.78, 5) is 11.4. The minimum absolute atomic E-state index is 0.0684. The van der Waals surface area contributed by atoms with Crippen LogP contribution in [0.25, 0.3) is 0 Å². The van der Waals surface area contributed by atoms with Crippen molar-refractivity contribution in [2.24, 2.45) is 5.92 Å². The first-order valence-corrected chi connectivity index (χ1v) is 7.26. The first kappa shape index (κ1) is 13.2. The number of amides is 1. The second kappa shape index (κ2) is 5.71. The van der Waals surface area contributed by atoms with Gasteiger partial charge in [-0.2, -0.15) is 0 Å². The molecule has 5 nitrogen and oxygen atoms in total. The van der Waals surface area contributed by atoms with Gasteiger partial charge in [0.15, 0.2) is 0 Å². The Morgan fingerprint density at radius 3 is 3.10 bits per heavy atom. The molecule has 20 heavy (non-hydrogen) atoms. The zero-order valence-corrected chi connectivity index (χ0v) is 11.6. The van der Waals surface area contributed by atoms with E-state index in [4.69, 9.17) is 10.5 Å². The lowest BCUT2D eigenvalue weighted by atomic mass is 10.0. The van der Waals surface area contributed by atoms with Gasteiger partial charge >= 0.3 is 0 Å². The number of carbonyl (C=O) groups excluding carboxylic acids is 1. The molecule has 1 saturated heterocycles. The normalized spacial score (nSPS) is 21.4. The van der Waals surface area contributed by atoms with Crippen molar-refractivity contribution in [3.8, 4) is 0 Å². The summed E-state index contributed by atoms with van der Waals surface area (Å²) in [6, 6.07) is 3.92. The maximum absolute atomic E-state index is 11.4. The van der Waals surface area contributed by atoms with Crippen LogP contribution in [-0.4, -0.2) is 25.7 Å². The molecule has 1 aromatic carbocycles. The molecule has 2 heterocycles. The molecule has 1 amide bonds. The van der Waals surface area contributed by atoms with Crippen molar-refractivity contribution in [2.75, 3.05) is 36.1 Å². The Balaban J connectivity index is 1.62. The number of hydrogen-bond donors (Lipinski definition) is 3. The van der Waals surface area contributed by atoms with Crippen LogP contribution >= 0.6 is 0 Å². The van der Waals surface area contributed by atoms with Crippen LogP contribution in [0.2, 0.25) is 0 Å². The fourth-order valence-corrected chi connectivity index (χ4v) is 2.82. The minimum atomic E-state index is 0.0684. The van der Waals surface area contributed by atoms with Crippen molar-refractivity contribution in [3.63, 3.8) is 0 Å². The topological polar surface area (TPSA) is 76.4 Å². The SMILES string of the molecule is Nc1cc2c(cc1NCCC1CCOC1)CCC(=O)N2. The number of fused-ring (bicyclic) bond motifs is 1. The van der Waals surface area contributed by atoms with Crippen molar-refractivity contribution in [1.29, 1.82) is 0 Å². The lowest BCUT2D eigenvalue weighted by molar-refractivity contribution is -0.116. The molecular formula is C15H21N3O2. The number of nitrogens with one attached hydrogen (secondary N) is 2. The molecule has 108 valence electrons. The van der Waals surface area contributed by atoms with E-state index in [0.29, 0.717) is 18.0 Å². The van der Waals surface area contributed by atoms with Crippen LogP contribution < -0.4 is 16.4 Å². The maximum Gasteiger partial charge on any atom is 0.224 e. The molecule has 1 aromatic rings. The molecule has 0 bridgehead atoms. The van der Waals surface area contributed by atoms with Gasteiger partial charge in [0, 0.05) is 31.9 Å². The average molecular weight is 275 g/mol. The van der Waals surface area contributed by atoms with E-state index in [2.05, 4.69) is 16.7 Å². The van der Waals surface area contributed by atoms with Crippen molar-refractivity contribution < 1.29 is 9.53 Å². The van der Waals surface area contributed by atoms with Crippen molar-refractivity contribution in [3.05, 3.63) is 17.7 Å². The highest BCUT2D eigenvalue weighted by atomic mass is 16.5. The Labute approximate surface area is 118 Å². The largest absolute Gasteiger partial charge is 0.397 e. The summed E-state index contributed by atoms with van der Waals surface area (Å²) in [5.41, 5.74) is 9.72. The molecule has 2 aliphatic rings. The summed E-state index contributed by atoms with van der Waals surface area (Å²) in [5.74, 6) is 0.736. The lowest BCUT2D eigenvalue weighted by Gasteiger charge is -2.20. The Morgan fingerprint density at radius 1 is 1.40 bits per heavy atom. The third kappa shape index (κ3) is 2.88. The standard InChI is InChI=1S/C15H21N3O2/c16-12-8-13-11(1-2-15(19)18-13)7-14(12)17-5-3-10-4-6-20-9-10/h7-8,10,17H,1-6,9,16H2,(H,18,19). The third-order valence-corrected chi connectivity index (χ3v) is 4.06. The molecule has 1 atom stereocenters. The molecule has 0 aliphatic carbocycles. The zero-order chi connectivity index (χ0) is 13.9. The number of hydrogen-bond acceptors (Lipinski definition) is 4. The first-order chi connectivity index (χ1) is 9.72. The second-order valence-electron chi connectivity index (χ2n) is 5.59. The number of ether oxygens (including phenoxy) is 1. The summed E-state index contributed by atoms with van der Waals surface area (Å²) in [5, 5.41) is 6.27. The molecular weight excluding hydrogens is 254 g/mol. The molecule has 4 N–H and O–H groups in total. The second-order valence-corrected chi connectivity index (χ2v) is 5.59. The van der Waals surface area contributed by atoms with Crippen LogP contribution in [0.3, 0.4) is 0 Å². The van der Waals surface area contributed by atoms with Gasteiger partial charge in [0.25, 0.3) is 0 Å². The van der Waals surface area contributed by atoms with Gasteiger partial charge in [-0.1, -0.05) is 0 Å². The fraction of sp³-hybridized carbons (Fsp3) is 0.533. The number of aryl methyl sites for hydroxylation is 1. The number of nitrogen functional groups attached to an aromatic ring is 1. The van der Waals surface area contributed by atoms with E-state index in [1.165, 1.54) is 0 Å². The van der Waals surface area contributed by atoms with E-state index >= 15 is 0 Å². The molecule has 0 spiro atoms. The number of carbonyl (C=O) groups is 1. The van der Waals surface area contributed by atoms with Crippen LogP contribution in [0.15, 0.2) is 12.1 Å². The smallest absolute Gasteiger partial charge is 0.224 e. The van der Waals surface area contributed by atoms with Gasteiger partial charge in [-0.25, -0.2) is 0 Å². The number of rotatable bonds is 4. The molecule has 2 aliphatic heterocycles.